The first-order chi connectivity index (χ1) is 8.76. The van der Waals surface area contributed by atoms with Crippen LogP contribution in [0.2, 0.25) is 0 Å². The Morgan fingerprint density at radius 3 is 2.67 bits per heavy atom. The zero-order valence-corrected chi connectivity index (χ0v) is 11.1. The Hall–Kier alpha value is -1.75. The maximum absolute atomic E-state index is 11.1. The van der Waals surface area contributed by atoms with Crippen molar-refractivity contribution in [2.24, 2.45) is 5.92 Å². The van der Waals surface area contributed by atoms with Crippen LogP contribution in [-0.4, -0.2) is 13.1 Å². The average Bonchev–Trinajstić information content (AvgIpc) is 2.43. The average molecular weight is 244 g/mol. The number of hydrogen-bond donors (Lipinski definition) is 0. The van der Waals surface area contributed by atoms with E-state index in [1.807, 2.05) is 30.3 Å². The smallest absolute Gasteiger partial charge is 0.305 e. The summed E-state index contributed by atoms with van der Waals surface area (Å²) in [5, 5.41) is 0. The number of rotatable bonds is 5. The lowest BCUT2D eigenvalue weighted by atomic mass is 9.97. The van der Waals surface area contributed by atoms with E-state index >= 15 is 0 Å². The molecule has 18 heavy (non-hydrogen) atoms. The van der Waals surface area contributed by atoms with Crippen LogP contribution in [0.5, 0.6) is 0 Å². The normalized spacial score (nSPS) is 11.2. The van der Waals surface area contributed by atoms with E-state index < -0.39 is 0 Å². The molecule has 0 saturated heterocycles. The summed E-state index contributed by atoms with van der Waals surface area (Å²) in [7, 11) is 1.43. The van der Waals surface area contributed by atoms with Crippen LogP contribution in [-0.2, 0) is 9.53 Å². The predicted molar refractivity (Wildman–Crippen MR) is 73.0 cm³/mol. The topological polar surface area (TPSA) is 26.3 Å². The summed E-state index contributed by atoms with van der Waals surface area (Å²) in [5.41, 5.74) is 1.04. The lowest BCUT2D eigenvalue weighted by Gasteiger charge is -2.09. The molecule has 0 fully saturated rings. The van der Waals surface area contributed by atoms with Gasteiger partial charge in [0.2, 0.25) is 0 Å². The molecule has 96 valence electrons. The Morgan fingerprint density at radius 1 is 1.33 bits per heavy atom. The van der Waals surface area contributed by atoms with Crippen LogP contribution in [0.15, 0.2) is 30.3 Å². The molecule has 0 aromatic heterocycles. The van der Waals surface area contributed by atoms with E-state index in [0.717, 1.165) is 24.8 Å². The fourth-order valence-corrected chi connectivity index (χ4v) is 1.69. The molecule has 0 heterocycles. The number of hydrogen-bond acceptors (Lipinski definition) is 2. The summed E-state index contributed by atoms with van der Waals surface area (Å²) < 4.78 is 4.64. The molecule has 1 aromatic rings. The second-order valence-corrected chi connectivity index (χ2v) is 4.26. The molecule has 0 aliphatic heterocycles. The van der Waals surface area contributed by atoms with Gasteiger partial charge in [0.05, 0.1) is 7.11 Å². The van der Waals surface area contributed by atoms with Crippen molar-refractivity contribution in [2.75, 3.05) is 7.11 Å². The van der Waals surface area contributed by atoms with Crippen molar-refractivity contribution >= 4 is 5.97 Å². The third-order valence-electron chi connectivity index (χ3n) is 2.96. The van der Waals surface area contributed by atoms with E-state index in [1.165, 1.54) is 7.11 Å². The van der Waals surface area contributed by atoms with E-state index in [1.54, 1.807) is 0 Å². The highest BCUT2D eigenvalue weighted by Crippen LogP contribution is 2.15. The van der Waals surface area contributed by atoms with Crippen molar-refractivity contribution in [3.63, 3.8) is 0 Å². The van der Waals surface area contributed by atoms with Gasteiger partial charge in [0.25, 0.3) is 0 Å². The molecule has 1 atom stereocenters. The van der Waals surface area contributed by atoms with E-state index in [-0.39, 0.29) is 5.97 Å². The van der Waals surface area contributed by atoms with Crippen molar-refractivity contribution in [1.29, 1.82) is 0 Å². The maximum Gasteiger partial charge on any atom is 0.305 e. The molecule has 0 radical (unpaired) electrons. The monoisotopic (exact) mass is 244 g/mol. The molecule has 1 unspecified atom stereocenters. The van der Waals surface area contributed by atoms with Crippen LogP contribution in [0.25, 0.3) is 0 Å². The molecule has 0 aliphatic rings. The zero-order valence-electron chi connectivity index (χ0n) is 11.1. The molecule has 2 nitrogen and oxygen atoms in total. The Morgan fingerprint density at radius 2 is 2.06 bits per heavy atom. The largest absolute Gasteiger partial charge is 0.469 e. The summed E-state index contributed by atoms with van der Waals surface area (Å²) in [5.74, 6) is 6.67. The van der Waals surface area contributed by atoms with Crippen LogP contribution < -0.4 is 0 Å². The second-order valence-electron chi connectivity index (χ2n) is 4.26. The highest BCUT2D eigenvalue weighted by Gasteiger charge is 2.08. The van der Waals surface area contributed by atoms with Gasteiger partial charge in [-0.2, -0.15) is 0 Å². The minimum atomic E-state index is -0.135. The number of esters is 1. The summed E-state index contributed by atoms with van der Waals surface area (Å²) in [6, 6.07) is 9.96. The van der Waals surface area contributed by atoms with Crippen molar-refractivity contribution in [3.05, 3.63) is 35.9 Å². The molecule has 1 rings (SSSR count). The first kappa shape index (κ1) is 14.3. The quantitative estimate of drug-likeness (QED) is 0.586. The van der Waals surface area contributed by atoms with Gasteiger partial charge in [0.1, 0.15) is 0 Å². The van der Waals surface area contributed by atoms with Crippen LogP contribution in [0.1, 0.15) is 38.2 Å². The summed E-state index contributed by atoms with van der Waals surface area (Å²) >= 11 is 0. The van der Waals surface area contributed by atoms with Crippen LogP contribution >= 0.6 is 0 Å². The molecule has 0 bridgehead atoms. The van der Waals surface area contributed by atoms with Gasteiger partial charge >= 0.3 is 5.97 Å². The lowest BCUT2D eigenvalue weighted by Crippen LogP contribution is -2.05. The first-order valence-electron chi connectivity index (χ1n) is 6.37. The highest BCUT2D eigenvalue weighted by atomic mass is 16.5. The molecule has 1 aromatic carbocycles. The number of benzene rings is 1. The van der Waals surface area contributed by atoms with Crippen molar-refractivity contribution in [2.45, 2.75) is 32.6 Å². The van der Waals surface area contributed by atoms with E-state index in [9.17, 15) is 4.79 Å². The van der Waals surface area contributed by atoms with Gasteiger partial charge in [-0.25, -0.2) is 0 Å². The molecule has 0 amide bonds. The van der Waals surface area contributed by atoms with Crippen molar-refractivity contribution < 1.29 is 9.53 Å². The standard InChI is InChI=1S/C16H20O2/c1-3-14(12-13-16(17)18-2)10-7-11-15-8-5-4-6-9-15/h4-6,8-9,14H,3,10,12-13H2,1-2H3. The molecular formula is C16H20O2. The van der Waals surface area contributed by atoms with E-state index in [2.05, 4.69) is 23.5 Å². The van der Waals surface area contributed by atoms with Gasteiger partial charge in [-0.05, 0) is 24.5 Å². The zero-order chi connectivity index (χ0) is 13.2. The molecule has 0 N–H and O–H groups in total. The van der Waals surface area contributed by atoms with Crippen LogP contribution in [0.4, 0.5) is 0 Å². The maximum atomic E-state index is 11.1. The SMILES string of the molecule is CCC(CC#Cc1ccccc1)CCC(=O)OC. The Bertz CT molecular complexity index is 412. The Balaban J connectivity index is 2.40. The van der Waals surface area contributed by atoms with Gasteiger partial charge < -0.3 is 4.74 Å². The Labute approximate surface area is 109 Å². The minimum Gasteiger partial charge on any atom is -0.469 e. The minimum absolute atomic E-state index is 0.135. The van der Waals surface area contributed by atoms with E-state index in [0.29, 0.717) is 12.3 Å². The van der Waals surface area contributed by atoms with Gasteiger partial charge in [-0.15, -0.1) is 0 Å². The predicted octanol–water partition coefficient (Wildman–Crippen LogP) is 3.41. The van der Waals surface area contributed by atoms with Crippen molar-refractivity contribution in [1.82, 2.24) is 0 Å². The summed E-state index contributed by atoms with van der Waals surface area (Å²) in [4.78, 5) is 11.1. The Kier molecular flexibility index (Phi) is 6.64. The lowest BCUT2D eigenvalue weighted by molar-refractivity contribution is -0.140. The highest BCUT2D eigenvalue weighted by molar-refractivity contribution is 5.69. The van der Waals surface area contributed by atoms with Gasteiger partial charge in [0.15, 0.2) is 0 Å². The fraction of sp³-hybridized carbons (Fsp3) is 0.438. The number of methoxy groups -OCH3 is 1. The van der Waals surface area contributed by atoms with Gasteiger partial charge in [0, 0.05) is 18.4 Å². The van der Waals surface area contributed by atoms with Crippen molar-refractivity contribution in [3.8, 4) is 11.8 Å². The third-order valence-corrected chi connectivity index (χ3v) is 2.96. The first-order valence-corrected chi connectivity index (χ1v) is 6.37. The molecule has 0 aliphatic carbocycles. The number of carbonyl (C=O) groups is 1. The third kappa shape index (κ3) is 5.54. The van der Waals surface area contributed by atoms with Gasteiger partial charge in [-0.3, -0.25) is 4.79 Å². The molecule has 0 spiro atoms. The summed E-state index contributed by atoms with van der Waals surface area (Å²) in [6.07, 6.45) is 3.22. The number of ether oxygens (including phenoxy) is 1. The second kappa shape index (κ2) is 8.36. The summed E-state index contributed by atoms with van der Waals surface area (Å²) in [6.45, 7) is 2.13. The van der Waals surface area contributed by atoms with Crippen LogP contribution in [0, 0.1) is 17.8 Å². The molecule has 0 saturated carbocycles. The number of carbonyl (C=O) groups excluding carboxylic acids is 1. The van der Waals surface area contributed by atoms with E-state index in [4.69, 9.17) is 0 Å². The molecule has 2 heteroatoms. The fourth-order valence-electron chi connectivity index (χ4n) is 1.69. The van der Waals surface area contributed by atoms with Crippen LogP contribution in [0.3, 0.4) is 0 Å². The van der Waals surface area contributed by atoms with Gasteiger partial charge in [-0.1, -0.05) is 43.4 Å². The molecular weight excluding hydrogens is 224 g/mol.